The van der Waals surface area contributed by atoms with Crippen LogP contribution in [0.3, 0.4) is 0 Å². The summed E-state index contributed by atoms with van der Waals surface area (Å²) in [5.41, 5.74) is 2.80. The smallest absolute Gasteiger partial charge is 0.242 e. The van der Waals surface area contributed by atoms with Gasteiger partial charge in [0, 0.05) is 39.6 Å². The first kappa shape index (κ1) is 17.2. The van der Waals surface area contributed by atoms with Gasteiger partial charge in [0.25, 0.3) is 0 Å². The molecule has 1 amide bonds. The van der Waals surface area contributed by atoms with Gasteiger partial charge >= 0.3 is 0 Å². The number of carbonyl (C=O) groups is 1. The second-order valence-corrected chi connectivity index (χ2v) is 8.16. The topological polar surface area (TPSA) is 58.2 Å². The maximum atomic E-state index is 12.3. The van der Waals surface area contributed by atoms with Crippen molar-refractivity contribution < 1.29 is 9.00 Å². The van der Waals surface area contributed by atoms with Gasteiger partial charge in [0.1, 0.15) is 0 Å². The molecule has 0 aliphatic carbocycles. The van der Waals surface area contributed by atoms with Crippen LogP contribution in [0.2, 0.25) is 0 Å². The van der Waals surface area contributed by atoms with Gasteiger partial charge in [0.2, 0.25) is 5.91 Å². The Bertz CT molecular complexity index is 716. The summed E-state index contributed by atoms with van der Waals surface area (Å²) in [4.78, 5) is 12.1. The first-order valence-electron chi connectivity index (χ1n) is 7.80. The van der Waals surface area contributed by atoms with E-state index in [2.05, 4.69) is 10.6 Å². The molecule has 2 unspecified atom stereocenters. The molecule has 2 atom stereocenters. The van der Waals surface area contributed by atoms with Crippen LogP contribution in [0.25, 0.3) is 0 Å². The highest BCUT2D eigenvalue weighted by molar-refractivity contribution is 7.99. The van der Waals surface area contributed by atoms with E-state index in [1.54, 1.807) is 11.8 Å². The first-order valence-corrected chi connectivity index (χ1v) is 10.4. The number of amides is 1. The molecule has 0 bridgehead atoms. The quantitative estimate of drug-likeness (QED) is 0.832. The standard InChI is InChI=1S/C18H20N2O2S2/c21-18(17-10-23-13-19-17)20-16-8-4-7-15(9-16)12-24(22)11-14-5-2-1-3-6-14/h1-9,17,19H,10-13H2,(H,20,21). The van der Waals surface area contributed by atoms with Crippen molar-refractivity contribution in [2.45, 2.75) is 17.5 Å². The average Bonchev–Trinajstić information content (AvgIpc) is 3.10. The lowest BCUT2D eigenvalue weighted by Gasteiger charge is -2.11. The number of nitrogens with one attached hydrogen (secondary N) is 2. The van der Waals surface area contributed by atoms with Gasteiger partial charge in [-0.15, -0.1) is 11.8 Å². The third-order valence-electron chi connectivity index (χ3n) is 3.73. The van der Waals surface area contributed by atoms with Gasteiger partial charge in [-0.2, -0.15) is 0 Å². The number of rotatable bonds is 6. The summed E-state index contributed by atoms with van der Waals surface area (Å²) in [5, 5.41) is 6.09. The van der Waals surface area contributed by atoms with Gasteiger partial charge in [0.05, 0.1) is 6.04 Å². The number of hydrogen-bond donors (Lipinski definition) is 2. The van der Waals surface area contributed by atoms with Crippen LogP contribution < -0.4 is 10.6 Å². The second kappa shape index (κ2) is 8.46. The van der Waals surface area contributed by atoms with Gasteiger partial charge in [0.15, 0.2) is 0 Å². The van der Waals surface area contributed by atoms with E-state index in [4.69, 9.17) is 0 Å². The summed E-state index contributed by atoms with van der Waals surface area (Å²) >= 11 is 1.72. The van der Waals surface area contributed by atoms with Crippen LogP contribution in [-0.2, 0) is 27.1 Å². The minimum absolute atomic E-state index is 0.0115. The van der Waals surface area contributed by atoms with E-state index in [1.807, 2.05) is 54.6 Å². The van der Waals surface area contributed by atoms with Crippen LogP contribution in [0.5, 0.6) is 0 Å². The molecular formula is C18H20N2O2S2. The molecule has 126 valence electrons. The van der Waals surface area contributed by atoms with Crippen LogP contribution in [0.4, 0.5) is 5.69 Å². The fourth-order valence-corrected chi connectivity index (χ4v) is 4.69. The Kier molecular flexibility index (Phi) is 6.07. The molecule has 4 nitrogen and oxygen atoms in total. The van der Waals surface area contributed by atoms with Crippen molar-refractivity contribution in [2.24, 2.45) is 0 Å². The van der Waals surface area contributed by atoms with Gasteiger partial charge < -0.3 is 5.32 Å². The lowest BCUT2D eigenvalue weighted by molar-refractivity contribution is -0.117. The van der Waals surface area contributed by atoms with Crippen LogP contribution in [0.1, 0.15) is 11.1 Å². The predicted octanol–water partition coefficient (Wildman–Crippen LogP) is 2.74. The van der Waals surface area contributed by atoms with Crippen molar-refractivity contribution >= 4 is 34.2 Å². The van der Waals surface area contributed by atoms with E-state index in [9.17, 15) is 9.00 Å². The van der Waals surface area contributed by atoms with E-state index < -0.39 is 10.8 Å². The van der Waals surface area contributed by atoms with Crippen LogP contribution in [-0.4, -0.2) is 27.8 Å². The highest BCUT2D eigenvalue weighted by Crippen LogP contribution is 2.16. The molecule has 1 aliphatic rings. The Morgan fingerprint density at radius 1 is 1.12 bits per heavy atom. The molecule has 1 aliphatic heterocycles. The zero-order valence-corrected chi connectivity index (χ0v) is 14.9. The number of carbonyl (C=O) groups excluding carboxylic acids is 1. The molecule has 6 heteroatoms. The van der Waals surface area contributed by atoms with Crippen molar-refractivity contribution in [3.05, 3.63) is 65.7 Å². The Hall–Kier alpha value is -1.63. The Morgan fingerprint density at radius 2 is 1.88 bits per heavy atom. The van der Waals surface area contributed by atoms with Gasteiger partial charge in [-0.05, 0) is 23.3 Å². The van der Waals surface area contributed by atoms with Crippen molar-refractivity contribution in [2.75, 3.05) is 16.9 Å². The largest absolute Gasteiger partial charge is 0.325 e. The third kappa shape index (κ3) is 4.93. The van der Waals surface area contributed by atoms with Gasteiger partial charge in [-0.3, -0.25) is 14.3 Å². The van der Waals surface area contributed by atoms with Crippen LogP contribution in [0.15, 0.2) is 54.6 Å². The summed E-state index contributed by atoms with van der Waals surface area (Å²) in [5.74, 6) is 2.63. The maximum Gasteiger partial charge on any atom is 0.242 e. The highest BCUT2D eigenvalue weighted by atomic mass is 32.2. The van der Waals surface area contributed by atoms with Crippen molar-refractivity contribution in [1.29, 1.82) is 0 Å². The fourth-order valence-electron chi connectivity index (χ4n) is 2.53. The number of anilines is 1. The maximum absolute atomic E-state index is 12.3. The fraction of sp³-hybridized carbons (Fsp3) is 0.278. The molecule has 24 heavy (non-hydrogen) atoms. The van der Waals surface area contributed by atoms with E-state index in [0.29, 0.717) is 11.5 Å². The molecule has 0 radical (unpaired) electrons. The molecule has 0 saturated carbocycles. The zero-order valence-electron chi connectivity index (χ0n) is 13.2. The molecule has 3 rings (SSSR count). The monoisotopic (exact) mass is 360 g/mol. The number of hydrogen-bond acceptors (Lipinski definition) is 4. The minimum atomic E-state index is -0.973. The third-order valence-corrected chi connectivity index (χ3v) is 5.98. The van der Waals surface area contributed by atoms with Crippen LogP contribution in [0, 0.1) is 0 Å². The highest BCUT2D eigenvalue weighted by Gasteiger charge is 2.22. The zero-order chi connectivity index (χ0) is 16.8. The number of thioether (sulfide) groups is 1. The molecule has 1 saturated heterocycles. The molecule has 0 spiro atoms. The molecule has 2 N–H and O–H groups in total. The summed E-state index contributed by atoms with van der Waals surface area (Å²) in [6.45, 7) is 0. The van der Waals surface area contributed by atoms with E-state index in [-0.39, 0.29) is 11.9 Å². The van der Waals surface area contributed by atoms with E-state index in [0.717, 1.165) is 28.4 Å². The van der Waals surface area contributed by atoms with E-state index >= 15 is 0 Å². The molecule has 1 heterocycles. The lowest BCUT2D eigenvalue weighted by atomic mass is 10.2. The summed E-state index contributed by atoms with van der Waals surface area (Å²) in [6.07, 6.45) is 0. The Labute approximate surface area is 148 Å². The summed E-state index contributed by atoms with van der Waals surface area (Å²) in [7, 11) is -0.973. The van der Waals surface area contributed by atoms with Crippen molar-refractivity contribution in [3.63, 3.8) is 0 Å². The SMILES string of the molecule is O=C(Nc1cccc(CS(=O)Cc2ccccc2)c1)C1CSCN1. The van der Waals surface area contributed by atoms with Crippen molar-refractivity contribution in [3.8, 4) is 0 Å². The Morgan fingerprint density at radius 3 is 2.62 bits per heavy atom. The first-order chi connectivity index (χ1) is 11.7. The van der Waals surface area contributed by atoms with Crippen LogP contribution >= 0.6 is 11.8 Å². The molecule has 1 fully saturated rings. The van der Waals surface area contributed by atoms with Gasteiger partial charge in [-0.25, -0.2) is 0 Å². The van der Waals surface area contributed by atoms with Gasteiger partial charge in [-0.1, -0.05) is 42.5 Å². The summed E-state index contributed by atoms with van der Waals surface area (Å²) in [6, 6.07) is 17.3. The molecule has 2 aromatic rings. The lowest BCUT2D eigenvalue weighted by Crippen LogP contribution is -2.37. The normalized spacial score (nSPS) is 18.2. The van der Waals surface area contributed by atoms with Crippen molar-refractivity contribution in [1.82, 2.24) is 5.32 Å². The molecule has 0 aromatic heterocycles. The molecular weight excluding hydrogens is 340 g/mol. The Balaban J connectivity index is 1.58. The molecule has 2 aromatic carbocycles. The number of benzene rings is 2. The summed E-state index contributed by atoms with van der Waals surface area (Å²) < 4.78 is 12.3. The second-order valence-electron chi connectivity index (χ2n) is 5.68. The minimum Gasteiger partial charge on any atom is -0.325 e. The average molecular weight is 361 g/mol. The van der Waals surface area contributed by atoms with E-state index in [1.165, 1.54) is 0 Å². The predicted molar refractivity (Wildman–Crippen MR) is 101 cm³/mol.